The molecular weight excluding hydrogens is 419 g/mol. The first-order valence-electron chi connectivity index (χ1n) is 8.92. The molecule has 0 aliphatic rings. The van der Waals surface area contributed by atoms with Gasteiger partial charge in [-0.3, -0.25) is 4.99 Å². The SMILES string of the molecule is CCN=C(C)Nc1cc(C)c(Oc2cccc(C(OC)C(Cl)(Cl)Cl)c2)cc1C. The number of hydrogen-bond acceptors (Lipinski definition) is 3. The van der Waals surface area contributed by atoms with Crippen LogP contribution in [0.4, 0.5) is 5.69 Å². The van der Waals surface area contributed by atoms with E-state index in [4.69, 9.17) is 44.3 Å². The number of methoxy groups -OCH3 is 1. The molecule has 0 fully saturated rings. The number of hydrogen-bond donors (Lipinski definition) is 1. The predicted molar refractivity (Wildman–Crippen MR) is 120 cm³/mol. The van der Waals surface area contributed by atoms with Crippen LogP contribution in [0, 0.1) is 13.8 Å². The average Bonchev–Trinajstić information content (AvgIpc) is 2.59. The minimum absolute atomic E-state index is 0.640. The molecule has 28 heavy (non-hydrogen) atoms. The summed E-state index contributed by atoms with van der Waals surface area (Å²) in [6.45, 7) is 8.71. The standard InChI is InChI=1S/C21H25Cl3N2O2/c1-6-25-15(4)26-18-10-14(3)19(11-13(18)2)28-17-9-7-8-16(12-17)20(27-5)21(22,23)24/h7-12,20H,6H2,1-5H3,(H,25,26). The Hall–Kier alpha value is -1.46. The summed E-state index contributed by atoms with van der Waals surface area (Å²) in [7, 11) is 1.50. The molecule has 0 radical (unpaired) electrons. The van der Waals surface area contributed by atoms with Gasteiger partial charge in [0.25, 0.3) is 0 Å². The number of aryl methyl sites for hydroxylation is 2. The lowest BCUT2D eigenvalue weighted by Crippen LogP contribution is -2.18. The Morgan fingerprint density at radius 2 is 1.86 bits per heavy atom. The highest BCUT2D eigenvalue weighted by Gasteiger charge is 2.34. The maximum atomic E-state index is 6.10. The third-order valence-electron chi connectivity index (χ3n) is 4.15. The zero-order chi connectivity index (χ0) is 20.9. The zero-order valence-corrected chi connectivity index (χ0v) is 18.9. The Balaban J connectivity index is 2.28. The number of aliphatic imine (C=N–C) groups is 1. The third-order valence-corrected chi connectivity index (χ3v) is 4.75. The first-order valence-corrected chi connectivity index (χ1v) is 10.1. The number of amidine groups is 1. The van der Waals surface area contributed by atoms with Crippen molar-refractivity contribution in [2.45, 2.75) is 37.6 Å². The number of ether oxygens (including phenoxy) is 2. The second-order valence-corrected chi connectivity index (χ2v) is 8.82. The first kappa shape index (κ1) is 22.8. The normalized spacial score (nSPS) is 13.4. The highest BCUT2D eigenvalue weighted by atomic mass is 35.6. The van der Waals surface area contributed by atoms with Crippen molar-refractivity contribution in [2.24, 2.45) is 4.99 Å². The van der Waals surface area contributed by atoms with Gasteiger partial charge in [0.15, 0.2) is 0 Å². The van der Waals surface area contributed by atoms with Crippen molar-refractivity contribution in [1.82, 2.24) is 0 Å². The summed E-state index contributed by atoms with van der Waals surface area (Å²) in [6, 6.07) is 11.4. The van der Waals surface area contributed by atoms with Gasteiger partial charge in [0.05, 0.1) is 5.84 Å². The van der Waals surface area contributed by atoms with Crippen LogP contribution in [0.1, 0.15) is 36.6 Å². The van der Waals surface area contributed by atoms with E-state index in [1.807, 2.05) is 64.1 Å². The second kappa shape index (κ2) is 9.84. The molecule has 0 aliphatic carbocycles. The predicted octanol–water partition coefficient (Wildman–Crippen LogP) is 7.00. The van der Waals surface area contributed by atoms with Gasteiger partial charge in [-0.15, -0.1) is 0 Å². The van der Waals surface area contributed by atoms with Crippen molar-refractivity contribution >= 4 is 46.3 Å². The van der Waals surface area contributed by atoms with Crippen molar-refractivity contribution in [1.29, 1.82) is 0 Å². The monoisotopic (exact) mass is 442 g/mol. The lowest BCUT2D eigenvalue weighted by molar-refractivity contribution is 0.106. The van der Waals surface area contributed by atoms with E-state index in [1.165, 1.54) is 7.11 Å². The Morgan fingerprint density at radius 1 is 1.14 bits per heavy atom. The fourth-order valence-corrected chi connectivity index (χ4v) is 3.48. The fourth-order valence-electron chi connectivity index (χ4n) is 2.83. The van der Waals surface area contributed by atoms with E-state index in [0.29, 0.717) is 5.75 Å². The van der Waals surface area contributed by atoms with E-state index < -0.39 is 9.90 Å². The minimum atomic E-state index is -1.58. The molecule has 4 nitrogen and oxygen atoms in total. The summed E-state index contributed by atoms with van der Waals surface area (Å²) in [6.07, 6.45) is -0.698. The fraction of sp³-hybridized carbons (Fsp3) is 0.381. The molecule has 0 saturated carbocycles. The Kier molecular flexibility index (Phi) is 8.02. The van der Waals surface area contributed by atoms with Gasteiger partial charge >= 0.3 is 0 Å². The Labute approximate surface area is 181 Å². The van der Waals surface area contributed by atoms with Crippen molar-refractivity contribution < 1.29 is 9.47 Å². The first-order chi connectivity index (χ1) is 13.2. The number of nitrogens with one attached hydrogen (secondary N) is 1. The minimum Gasteiger partial charge on any atom is -0.457 e. The van der Waals surface area contributed by atoms with E-state index in [2.05, 4.69) is 10.3 Å². The molecule has 0 aromatic heterocycles. The summed E-state index contributed by atoms with van der Waals surface area (Å²) in [4.78, 5) is 4.36. The van der Waals surface area contributed by atoms with Gasteiger partial charge in [-0.1, -0.05) is 46.9 Å². The summed E-state index contributed by atoms with van der Waals surface area (Å²) in [5, 5.41) is 3.33. The van der Waals surface area contributed by atoms with Gasteiger partial charge in [-0.05, 0) is 68.7 Å². The maximum Gasteiger partial charge on any atom is 0.220 e. The van der Waals surface area contributed by atoms with Crippen LogP contribution in [-0.4, -0.2) is 23.3 Å². The van der Waals surface area contributed by atoms with Gasteiger partial charge in [-0.25, -0.2) is 0 Å². The van der Waals surface area contributed by atoms with Crippen LogP contribution in [0.5, 0.6) is 11.5 Å². The molecule has 0 aliphatic heterocycles. The van der Waals surface area contributed by atoms with Crippen LogP contribution in [0.15, 0.2) is 41.4 Å². The molecule has 0 amide bonds. The zero-order valence-electron chi connectivity index (χ0n) is 16.6. The van der Waals surface area contributed by atoms with E-state index in [0.717, 1.165) is 40.5 Å². The molecular formula is C21H25Cl3N2O2. The van der Waals surface area contributed by atoms with Gasteiger partial charge in [-0.2, -0.15) is 0 Å². The molecule has 152 valence electrons. The third kappa shape index (κ3) is 6.02. The number of halogens is 3. The number of rotatable bonds is 6. The van der Waals surface area contributed by atoms with Gasteiger partial charge in [0.1, 0.15) is 17.6 Å². The van der Waals surface area contributed by atoms with Gasteiger partial charge in [0, 0.05) is 19.3 Å². The van der Waals surface area contributed by atoms with E-state index in [1.54, 1.807) is 0 Å². The smallest absolute Gasteiger partial charge is 0.220 e. The maximum absolute atomic E-state index is 6.10. The van der Waals surface area contributed by atoms with Crippen LogP contribution >= 0.6 is 34.8 Å². The van der Waals surface area contributed by atoms with E-state index in [-0.39, 0.29) is 0 Å². The van der Waals surface area contributed by atoms with E-state index >= 15 is 0 Å². The molecule has 1 atom stereocenters. The quantitative estimate of drug-likeness (QED) is 0.297. The molecule has 1 N–H and O–H groups in total. The van der Waals surface area contributed by atoms with Crippen LogP contribution < -0.4 is 10.1 Å². The number of nitrogens with zero attached hydrogens (tertiary/aromatic N) is 1. The lowest BCUT2D eigenvalue weighted by atomic mass is 10.1. The summed E-state index contributed by atoms with van der Waals surface area (Å²) >= 11 is 18.1. The van der Waals surface area contributed by atoms with Crippen LogP contribution in [0.25, 0.3) is 0 Å². The molecule has 7 heteroatoms. The van der Waals surface area contributed by atoms with Crippen LogP contribution in [-0.2, 0) is 4.74 Å². The molecule has 0 heterocycles. The lowest BCUT2D eigenvalue weighted by Gasteiger charge is -2.23. The van der Waals surface area contributed by atoms with Gasteiger partial charge in [0.2, 0.25) is 3.79 Å². The van der Waals surface area contributed by atoms with Crippen molar-refractivity contribution in [3.05, 3.63) is 53.1 Å². The highest BCUT2D eigenvalue weighted by molar-refractivity contribution is 6.68. The number of alkyl halides is 3. The number of anilines is 1. The summed E-state index contributed by atoms with van der Waals surface area (Å²) in [5.74, 6) is 2.28. The molecule has 2 aromatic rings. The van der Waals surface area contributed by atoms with Crippen LogP contribution in [0.3, 0.4) is 0 Å². The summed E-state index contributed by atoms with van der Waals surface area (Å²) < 4.78 is 9.87. The van der Waals surface area contributed by atoms with Gasteiger partial charge < -0.3 is 14.8 Å². The Bertz CT molecular complexity index is 848. The summed E-state index contributed by atoms with van der Waals surface area (Å²) in [5.41, 5.74) is 3.77. The molecule has 0 spiro atoms. The van der Waals surface area contributed by atoms with Crippen molar-refractivity contribution in [3.63, 3.8) is 0 Å². The topological polar surface area (TPSA) is 42.9 Å². The largest absolute Gasteiger partial charge is 0.457 e. The molecule has 2 rings (SSSR count). The molecule has 2 aromatic carbocycles. The highest BCUT2D eigenvalue weighted by Crippen LogP contribution is 2.43. The number of benzene rings is 2. The molecule has 0 saturated heterocycles. The average molecular weight is 444 g/mol. The van der Waals surface area contributed by atoms with Crippen molar-refractivity contribution in [2.75, 3.05) is 19.0 Å². The molecule has 1 unspecified atom stereocenters. The van der Waals surface area contributed by atoms with Crippen LogP contribution in [0.2, 0.25) is 0 Å². The second-order valence-electron chi connectivity index (χ2n) is 6.45. The molecule has 0 bridgehead atoms. The van der Waals surface area contributed by atoms with Crippen molar-refractivity contribution in [3.8, 4) is 11.5 Å². The Morgan fingerprint density at radius 3 is 2.46 bits per heavy atom. The van der Waals surface area contributed by atoms with E-state index in [9.17, 15) is 0 Å².